The Bertz CT molecular complexity index is 3330. The maximum Gasteiger partial charge on any atom is 0.339 e. The molecule has 5 amide bonds. The number of pyridine rings is 1. The Morgan fingerprint density at radius 2 is 1.35 bits per heavy atom. The minimum absolute atomic E-state index is 0.0618. The van der Waals surface area contributed by atoms with Crippen LogP contribution in [0.25, 0.3) is 11.1 Å². The number of carbonyl (C=O) groups excluding carboxylic acids is 6. The lowest BCUT2D eigenvalue weighted by Crippen LogP contribution is -2.30. The molecule has 1 saturated carbocycles. The Kier molecular flexibility index (Phi) is 20.8. The van der Waals surface area contributed by atoms with Gasteiger partial charge >= 0.3 is 5.97 Å². The second kappa shape index (κ2) is 28.7. The third kappa shape index (κ3) is 15.8. The molecule has 82 heavy (non-hydrogen) atoms. The smallest absolute Gasteiger partial charge is 0.339 e. The summed E-state index contributed by atoms with van der Waals surface area (Å²) in [6, 6.07) is 28.7. The highest BCUT2D eigenvalue weighted by Crippen LogP contribution is 2.43. The number of aromatic carboxylic acids is 1. The quantitative estimate of drug-likeness (QED) is 0.0263. The number of amides is 5. The minimum atomic E-state index is -1.18. The molecule has 1 aromatic heterocycles. The molecule has 1 unspecified atom stereocenters. The van der Waals surface area contributed by atoms with Gasteiger partial charge in [-0.05, 0) is 152 Å². The number of ether oxygens (including phenoxy) is 4. The SMILES string of the molecule is COc1cc(NC(=O)c2ccccn2)ccc1NC(=O)c1ccc(NC(=O)COCC(=O)NCCCCCCCNC(=O)COc2ccc(-c3cccc(COc4cc5c(c(C)c4C)C(=O)C(C4CCCC4)C5)c3)cc2C(=O)O)cc1Cl. The van der Waals surface area contributed by atoms with E-state index in [1.807, 2.05) is 44.2 Å². The Morgan fingerprint density at radius 1 is 0.646 bits per heavy atom. The number of carbonyl (C=O) groups is 7. The molecule has 0 saturated heterocycles. The third-order valence-corrected chi connectivity index (χ3v) is 15.0. The molecule has 0 aliphatic heterocycles. The molecule has 19 heteroatoms. The number of carboxylic acid groups (broad SMARTS) is 1. The number of aromatic nitrogens is 1. The molecule has 0 spiro atoms. The van der Waals surface area contributed by atoms with Gasteiger partial charge in [0, 0.05) is 48.2 Å². The normalized spacial score (nSPS) is 13.7. The van der Waals surface area contributed by atoms with Crippen LogP contribution in [0.5, 0.6) is 17.2 Å². The lowest BCUT2D eigenvalue weighted by atomic mass is 9.87. The first kappa shape index (κ1) is 59.5. The van der Waals surface area contributed by atoms with Crippen molar-refractivity contribution in [2.24, 2.45) is 11.8 Å². The van der Waals surface area contributed by atoms with E-state index in [-0.39, 0.29) is 70.1 Å². The van der Waals surface area contributed by atoms with Crippen LogP contribution in [0.1, 0.15) is 122 Å². The number of hydrogen-bond acceptors (Lipinski definition) is 12. The number of hydrogen-bond donors (Lipinski definition) is 6. The van der Waals surface area contributed by atoms with E-state index >= 15 is 0 Å². The van der Waals surface area contributed by atoms with Crippen LogP contribution >= 0.6 is 11.6 Å². The number of ketones is 1. The summed E-state index contributed by atoms with van der Waals surface area (Å²) in [6.07, 6.45) is 10.9. The maximum absolute atomic E-state index is 13.5. The van der Waals surface area contributed by atoms with Crippen molar-refractivity contribution >= 4 is 70.0 Å². The highest BCUT2D eigenvalue weighted by molar-refractivity contribution is 6.34. The van der Waals surface area contributed by atoms with E-state index in [1.54, 1.807) is 48.5 Å². The van der Waals surface area contributed by atoms with Gasteiger partial charge < -0.3 is 50.6 Å². The first-order valence-electron chi connectivity index (χ1n) is 27.5. The highest BCUT2D eigenvalue weighted by atomic mass is 35.5. The number of anilines is 3. The molecule has 2 aliphatic carbocycles. The molecule has 18 nitrogen and oxygen atoms in total. The van der Waals surface area contributed by atoms with Gasteiger partial charge in [-0.2, -0.15) is 0 Å². The first-order valence-corrected chi connectivity index (χ1v) is 27.8. The molecule has 8 rings (SSSR count). The molecule has 0 radical (unpaired) electrons. The molecule has 428 valence electrons. The van der Waals surface area contributed by atoms with E-state index in [0.717, 1.165) is 90.5 Å². The van der Waals surface area contributed by atoms with Gasteiger partial charge in [0.15, 0.2) is 12.4 Å². The van der Waals surface area contributed by atoms with Crippen molar-refractivity contribution in [3.05, 3.63) is 159 Å². The van der Waals surface area contributed by atoms with Crippen molar-refractivity contribution in [2.45, 2.75) is 84.7 Å². The van der Waals surface area contributed by atoms with E-state index in [2.05, 4.69) is 31.6 Å². The lowest BCUT2D eigenvalue weighted by molar-refractivity contribution is -0.128. The molecule has 0 bridgehead atoms. The third-order valence-electron chi connectivity index (χ3n) is 14.7. The summed E-state index contributed by atoms with van der Waals surface area (Å²) in [4.78, 5) is 93.0. The summed E-state index contributed by atoms with van der Waals surface area (Å²) < 4.78 is 22.8. The zero-order chi connectivity index (χ0) is 58.1. The van der Waals surface area contributed by atoms with E-state index in [1.165, 1.54) is 50.4 Å². The number of nitrogens with zero attached hydrogens (tertiary/aromatic N) is 1. The van der Waals surface area contributed by atoms with Crippen molar-refractivity contribution in [1.29, 1.82) is 0 Å². The van der Waals surface area contributed by atoms with Crippen LogP contribution in [0, 0.1) is 25.7 Å². The van der Waals surface area contributed by atoms with Gasteiger partial charge in [-0.1, -0.05) is 74.0 Å². The molecule has 5 aromatic carbocycles. The van der Waals surface area contributed by atoms with Gasteiger partial charge in [0.25, 0.3) is 17.7 Å². The number of benzene rings is 5. The average molecular weight is 1140 g/mol. The second-order valence-electron chi connectivity index (χ2n) is 20.4. The Balaban J connectivity index is 0.669. The predicted molar refractivity (Wildman–Crippen MR) is 311 cm³/mol. The Morgan fingerprint density at radius 3 is 2.07 bits per heavy atom. The molecular weight excluding hydrogens is 1070 g/mol. The number of fused-ring (bicyclic) bond motifs is 1. The minimum Gasteiger partial charge on any atom is -0.494 e. The van der Waals surface area contributed by atoms with E-state index in [9.17, 15) is 38.7 Å². The van der Waals surface area contributed by atoms with Crippen molar-refractivity contribution < 1.29 is 57.6 Å². The van der Waals surface area contributed by atoms with Crippen LogP contribution in [0.4, 0.5) is 17.1 Å². The van der Waals surface area contributed by atoms with Crippen molar-refractivity contribution in [1.82, 2.24) is 15.6 Å². The van der Waals surface area contributed by atoms with Crippen LogP contribution in [-0.4, -0.2) is 91.4 Å². The maximum atomic E-state index is 13.5. The summed E-state index contributed by atoms with van der Waals surface area (Å²) in [5.74, 6) is -1.47. The number of unbranched alkanes of at least 4 members (excludes halogenated alkanes) is 4. The zero-order valence-corrected chi connectivity index (χ0v) is 46.9. The molecule has 1 atom stereocenters. The topological polar surface area (TPSA) is 250 Å². The number of carboxylic acids is 1. The number of methoxy groups -OCH3 is 1. The lowest BCUT2D eigenvalue weighted by Gasteiger charge is -2.16. The molecular formula is C63H67ClN6O12. The zero-order valence-electron chi connectivity index (χ0n) is 46.1. The monoisotopic (exact) mass is 1130 g/mol. The van der Waals surface area contributed by atoms with E-state index in [0.29, 0.717) is 48.2 Å². The average Bonchev–Trinajstić information content (AvgIpc) is 4.33. The summed E-state index contributed by atoms with van der Waals surface area (Å²) in [6.45, 7) is 4.07. The van der Waals surface area contributed by atoms with E-state index in [4.69, 9.17) is 30.5 Å². The summed E-state index contributed by atoms with van der Waals surface area (Å²) >= 11 is 6.42. The molecule has 2 aliphatic rings. The predicted octanol–water partition coefficient (Wildman–Crippen LogP) is 10.6. The van der Waals surface area contributed by atoms with Crippen molar-refractivity contribution in [3.63, 3.8) is 0 Å². The fourth-order valence-electron chi connectivity index (χ4n) is 10.3. The largest absolute Gasteiger partial charge is 0.494 e. The van der Waals surface area contributed by atoms with Gasteiger partial charge in [0.05, 0.1) is 23.4 Å². The summed E-state index contributed by atoms with van der Waals surface area (Å²) in [5.41, 5.74) is 7.62. The Hall–Kier alpha value is -8.61. The first-order chi connectivity index (χ1) is 39.6. The second-order valence-corrected chi connectivity index (χ2v) is 20.8. The van der Waals surface area contributed by atoms with Gasteiger partial charge in [-0.25, -0.2) is 4.79 Å². The summed E-state index contributed by atoms with van der Waals surface area (Å²) in [5, 5.41) is 23.8. The number of nitrogens with one attached hydrogen (secondary N) is 5. The number of rotatable bonds is 27. The van der Waals surface area contributed by atoms with Crippen LogP contribution < -0.4 is 40.8 Å². The van der Waals surface area contributed by atoms with Crippen molar-refractivity contribution in [3.8, 4) is 28.4 Å². The molecule has 6 N–H and O–H groups in total. The standard InChI is InChI=1S/C63H67ClN6O12/c1-38-39(2)59-44(30-48(60(59)74)41-15-7-8-16-41)31-54(38)81-34-40-14-13-17-42(28-40)43-19-24-53(49(29-43)63(77)78)82-37-57(72)67-27-11-6-4-5-10-26-66-56(71)35-80-36-58(73)68-45-20-22-47(50(64)32-45)61(75)70-51-23-21-46(33-55(51)79-3)69-62(76)52-18-9-12-25-65-52/h9,12-14,17-25,28-29,31-33,41,48H,4-8,10-11,15-16,26-27,30,34-37H2,1-3H3,(H,66,71)(H,67,72)(H,68,73)(H,69,76)(H,70,75)(H,77,78). The van der Waals surface area contributed by atoms with Gasteiger partial charge in [-0.3, -0.25) is 33.8 Å². The fraction of sp³-hybridized carbons (Fsp3) is 0.333. The van der Waals surface area contributed by atoms with Gasteiger partial charge in [0.2, 0.25) is 11.8 Å². The number of halogens is 1. The fourth-order valence-corrected chi connectivity index (χ4v) is 10.6. The van der Waals surface area contributed by atoms with Crippen LogP contribution in [0.3, 0.4) is 0 Å². The van der Waals surface area contributed by atoms with E-state index < -0.39 is 30.3 Å². The van der Waals surface area contributed by atoms with Crippen LogP contribution in [0.2, 0.25) is 5.02 Å². The molecule has 6 aromatic rings. The number of Topliss-reactive ketones (excluding diaryl/α,β-unsaturated/α-hetero) is 1. The highest BCUT2D eigenvalue weighted by Gasteiger charge is 2.39. The molecule has 1 heterocycles. The Labute approximate surface area is 481 Å². The van der Waals surface area contributed by atoms with Crippen LogP contribution in [0.15, 0.2) is 109 Å². The summed E-state index contributed by atoms with van der Waals surface area (Å²) in [7, 11) is 1.42. The molecule has 1 fully saturated rings. The van der Waals surface area contributed by atoms with Crippen LogP contribution in [-0.2, 0) is 32.1 Å². The van der Waals surface area contributed by atoms with Crippen molar-refractivity contribution in [2.75, 3.05) is 56.0 Å². The van der Waals surface area contributed by atoms with Gasteiger partial charge in [-0.15, -0.1) is 0 Å². The van der Waals surface area contributed by atoms with Gasteiger partial charge in [0.1, 0.15) is 48.3 Å².